The quantitative estimate of drug-likeness (QED) is 0.863. The summed E-state index contributed by atoms with van der Waals surface area (Å²) in [6.07, 6.45) is 6.72. The molecule has 2 fully saturated rings. The van der Waals surface area contributed by atoms with E-state index >= 15 is 0 Å². The minimum atomic E-state index is 0. The molecule has 2 aliphatic rings. The summed E-state index contributed by atoms with van der Waals surface area (Å²) in [6.45, 7) is 7.09. The SMILES string of the molecule is CCc1ccc(CN(CC2CCCNC2)C2CC2)cc1.Cl. The molecule has 1 saturated heterocycles. The Kier molecular flexibility index (Phi) is 6.53. The first-order valence-electron chi connectivity index (χ1n) is 8.37. The van der Waals surface area contributed by atoms with Crippen molar-refractivity contribution in [3.05, 3.63) is 35.4 Å². The van der Waals surface area contributed by atoms with E-state index in [1.165, 1.54) is 56.4 Å². The highest BCUT2D eigenvalue weighted by atomic mass is 35.5. The number of benzene rings is 1. The molecule has 1 unspecified atom stereocenters. The van der Waals surface area contributed by atoms with Crippen LogP contribution < -0.4 is 5.32 Å². The summed E-state index contributed by atoms with van der Waals surface area (Å²) in [5, 5.41) is 3.55. The van der Waals surface area contributed by atoms with Crippen molar-refractivity contribution in [2.24, 2.45) is 5.92 Å². The number of piperidine rings is 1. The Morgan fingerprint density at radius 2 is 1.81 bits per heavy atom. The molecule has 1 saturated carbocycles. The van der Waals surface area contributed by atoms with Gasteiger partial charge in [-0.2, -0.15) is 0 Å². The molecule has 118 valence electrons. The average molecular weight is 309 g/mol. The average Bonchev–Trinajstić information content (AvgIpc) is 3.33. The van der Waals surface area contributed by atoms with Gasteiger partial charge < -0.3 is 5.32 Å². The molecule has 3 heteroatoms. The normalized spacial score (nSPS) is 22.1. The number of nitrogens with one attached hydrogen (secondary N) is 1. The van der Waals surface area contributed by atoms with Crippen LogP contribution in [0.25, 0.3) is 0 Å². The number of hydrogen-bond donors (Lipinski definition) is 1. The molecule has 1 aliphatic heterocycles. The van der Waals surface area contributed by atoms with Crippen LogP contribution in [0, 0.1) is 5.92 Å². The maximum absolute atomic E-state index is 3.55. The van der Waals surface area contributed by atoms with Gasteiger partial charge in [0.1, 0.15) is 0 Å². The lowest BCUT2D eigenvalue weighted by Gasteiger charge is -2.30. The maximum Gasteiger partial charge on any atom is 0.0236 e. The zero-order valence-electron chi connectivity index (χ0n) is 13.2. The number of aryl methyl sites for hydroxylation is 1. The van der Waals surface area contributed by atoms with E-state index in [1.807, 2.05) is 0 Å². The Morgan fingerprint density at radius 3 is 2.38 bits per heavy atom. The van der Waals surface area contributed by atoms with Crippen molar-refractivity contribution in [3.8, 4) is 0 Å². The predicted molar refractivity (Wildman–Crippen MR) is 92.1 cm³/mol. The van der Waals surface area contributed by atoms with Crippen LogP contribution >= 0.6 is 12.4 Å². The highest BCUT2D eigenvalue weighted by Crippen LogP contribution is 2.30. The molecule has 0 spiro atoms. The summed E-state index contributed by atoms with van der Waals surface area (Å²) < 4.78 is 0. The van der Waals surface area contributed by atoms with Gasteiger partial charge in [0, 0.05) is 19.1 Å². The number of halogens is 1. The minimum absolute atomic E-state index is 0. The van der Waals surface area contributed by atoms with Crippen molar-refractivity contribution < 1.29 is 0 Å². The highest BCUT2D eigenvalue weighted by molar-refractivity contribution is 5.85. The van der Waals surface area contributed by atoms with E-state index in [0.717, 1.165) is 24.9 Å². The summed E-state index contributed by atoms with van der Waals surface area (Å²) in [6, 6.07) is 10.1. The third-order valence-corrected chi connectivity index (χ3v) is 4.77. The van der Waals surface area contributed by atoms with Crippen LogP contribution in [0.3, 0.4) is 0 Å². The summed E-state index contributed by atoms with van der Waals surface area (Å²) in [4.78, 5) is 2.73. The van der Waals surface area contributed by atoms with E-state index in [0.29, 0.717) is 0 Å². The van der Waals surface area contributed by atoms with Crippen LogP contribution in [0.4, 0.5) is 0 Å². The van der Waals surface area contributed by atoms with Crippen molar-refractivity contribution in [3.63, 3.8) is 0 Å². The van der Waals surface area contributed by atoms with Crippen molar-refractivity contribution in [1.29, 1.82) is 0 Å². The Hall–Kier alpha value is -0.570. The van der Waals surface area contributed by atoms with E-state index in [1.54, 1.807) is 0 Å². The molecule has 1 aromatic rings. The second-order valence-electron chi connectivity index (χ2n) is 6.54. The van der Waals surface area contributed by atoms with Crippen molar-refractivity contribution in [2.45, 2.75) is 51.6 Å². The number of rotatable bonds is 6. The molecule has 0 bridgehead atoms. The fourth-order valence-corrected chi connectivity index (χ4v) is 3.31. The zero-order chi connectivity index (χ0) is 13.8. The van der Waals surface area contributed by atoms with Gasteiger partial charge in [-0.05, 0) is 62.2 Å². The van der Waals surface area contributed by atoms with Gasteiger partial charge in [-0.25, -0.2) is 0 Å². The number of nitrogens with zero attached hydrogens (tertiary/aromatic N) is 1. The molecule has 1 aromatic carbocycles. The van der Waals surface area contributed by atoms with Gasteiger partial charge in [-0.1, -0.05) is 31.2 Å². The van der Waals surface area contributed by atoms with Crippen molar-refractivity contribution in [2.75, 3.05) is 19.6 Å². The van der Waals surface area contributed by atoms with Gasteiger partial charge in [0.2, 0.25) is 0 Å². The highest BCUT2D eigenvalue weighted by Gasteiger charge is 2.30. The lowest BCUT2D eigenvalue weighted by Crippen LogP contribution is -2.39. The van der Waals surface area contributed by atoms with Crippen molar-refractivity contribution in [1.82, 2.24) is 10.2 Å². The molecule has 0 radical (unpaired) electrons. The summed E-state index contributed by atoms with van der Waals surface area (Å²) >= 11 is 0. The van der Waals surface area contributed by atoms with Crippen LogP contribution in [0.2, 0.25) is 0 Å². The molecule has 21 heavy (non-hydrogen) atoms. The largest absolute Gasteiger partial charge is 0.316 e. The summed E-state index contributed by atoms with van der Waals surface area (Å²) in [7, 11) is 0. The third-order valence-electron chi connectivity index (χ3n) is 4.77. The molecule has 1 aliphatic carbocycles. The first-order valence-corrected chi connectivity index (χ1v) is 8.37. The molecule has 1 N–H and O–H groups in total. The predicted octanol–water partition coefficient (Wildman–Crippen LogP) is 3.63. The summed E-state index contributed by atoms with van der Waals surface area (Å²) in [5.41, 5.74) is 2.93. The fourth-order valence-electron chi connectivity index (χ4n) is 3.31. The fraction of sp³-hybridized carbons (Fsp3) is 0.667. The van der Waals surface area contributed by atoms with Crippen LogP contribution in [0.15, 0.2) is 24.3 Å². The molecule has 3 rings (SSSR count). The lowest BCUT2D eigenvalue weighted by atomic mass is 9.98. The smallest absolute Gasteiger partial charge is 0.0236 e. The Labute approximate surface area is 135 Å². The maximum atomic E-state index is 3.55. The van der Waals surface area contributed by atoms with Gasteiger partial charge >= 0.3 is 0 Å². The van der Waals surface area contributed by atoms with Crippen LogP contribution in [0.5, 0.6) is 0 Å². The minimum Gasteiger partial charge on any atom is -0.316 e. The number of hydrogen-bond acceptors (Lipinski definition) is 2. The van der Waals surface area contributed by atoms with E-state index < -0.39 is 0 Å². The van der Waals surface area contributed by atoms with Crippen LogP contribution in [-0.4, -0.2) is 30.6 Å². The van der Waals surface area contributed by atoms with Gasteiger partial charge in [-0.15, -0.1) is 12.4 Å². The summed E-state index contributed by atoms with van der Waals surface area (Å²) in [5.74, 6) is 0.860. The molecular weight excluding hydrogens is 280 g/mol. The van der Waals surface area contributed by atoms with E-state index in [9.17, 15) is 0 Å². The Morgan fingerprint density at radius 1 is 1.10 bits per heavy atom. The zero-order valence-corrected chi connectivity index (χ0v) is 14.0. The van der Waals surface area contributed by atoms with Crippen LogP contribution in [0.1, 0.15) is 43.7 Å². The van der Waals surface area contributed by atoms with Gasteiger partial charge in [-0.3, -0.25) is 4.90 Å². The Bertz CT molecular complexity index is 408. The van der Waals surface area contributed by atoms with E-state index in [2.05, 4.69) is 41.4 Å². The first-order chi connectivity index (χ1) is 9.85. The molecule has 0 aromatic heterocycles. The van der Waals surface area contributed by atoms with Crippen molar-refractivity contribution >= 4 is 12.4 Å². The molecule has 1 heterocycles. The Balaban J connectivity index is 0.00000161. The van der Waals surface area contributed by atoms with E-state index in [-0.39, 0.29) is 12.4 Å². The monoisotopic (exact) mass is 308 g/mol. The second kappa shape index (κ2) is 8.17. The van der Waals surface area contributed by atoms with Gasteiger partial charge in [0.15, 0.2) is 0 Å². The molecule has 2 nitrogen and oxygen atoms in total. The van der Waals surface area contributed by atoms with Gasteiger partial charge in [0.05, 0.1) is 0 Å². The molecule has 0 amide bonds. The molecular formula is C18H29ClN2. The first kappa shape index (κ1) is 16.8. The van der Waals surface area contributed by atoms with E-state index in [4.69, 9.17) is 0 Å². The standard InChI is InChI=1S/C18H28N2.ClH/c1-2-15-5-7-16(8-6-15)13-20(18-9-10-18)14-17-4-3-11-19-12-17;/h5-8,17-19H,2-4,9-14H2,1H3;1H. The topological polar surface area (TPSA) is 15.3 Å². The lowest BCUT2D eigenvalue weighted by molar-refractivity contribution is 0.193. The van der Waals surface area contributed by atoms with Crippen LogP contribution in [-0.2, 0) is 13.0 Å². The second-order valence-corrected chi connectivity index (χ2v) is 6.54. The third kappa shape index (κ3) is 4.98. The van der Waals surface area contributed by atoms with Gasteiger partial charge in [0.25, 0.3) is 0 Å². The molecule has 1 atom stereocenters.